The highest BCUT2D eigenvalue weighted by Crippen LogP contribution is 2.27. The third-order valence-electron chi connectivity index (χ3n) is 4.00. The average Bonchev–Trinajstić information content (AvgIpc) is 2.40. The summed E-state index contributed by atoms with van der Waals surface area (Å²) < 4.78 is 0. The van der Waals surface area contributed by atoms with Crippen LogP contribution in [-0.2, 0) is 0 Å². The van der Waals surface area contributed by atoms with Crippen LogP contribution in [0.15, 0.2) is 18.2 Å². The summed E-state index contributed by atoms with van der Waals surface area (Å²) in [5.74, 6) is 0.677. The summed E-state index contributed by atoms with van der Waals surface area (Å²) in [6, 6.07) is 5.70. The van der Waals surface area contributed by atoms with Crippen molar-refractivity contribution in [2.45, 2.75) is 44.8 Å². The van der Waals surface area contributed by atoms with E-state index in [9.17, 15) is 5.11 Å². The molecular weight excluding hydrogens is 281 g/mol. The molecule has 1 aliphatic rings. The third kappa shape index (κ3) is 4.09. The lowest BCUT2D eigenvalue weighted by molar-refractivity contribution is 0.157. The molecule has 0 bridgehead atoms. The van der Waals surface area contributed by atoms with Crippen molar-refractivity contribution in [3.05, 3.63) is 33.8 Å². The molecule has 19 heavy (non-hydrogen) atoms. The second kappa shape index (κ2) is 6.94. The lowest BCUT2D eigenvalue weighted by atomic mass is 9.86. The second-order valence-electron chi connectivity index (χ2n) is 5.46. The van der Waals surface area contributed by atoms with Gasteiger partial charge in [0.25, 0.3) is 0 Å². The SMILES string of the molecule is CC1CCCCC1NCC(O)c1cc(Cl)ccc1Cl. The lowest BCUT2D eigenvalue weighted by Crippen LogP contribution is -2.39. The van der Waals surface area contributed by atoms with Crippen LogP contribution < -0.4 is 5.32 Å². The minimum atomic E-state index is -0.611. The summed E-state index contributed by atoms with van der Waals surface area (Å²) in [6.45, 7) is 2.80. The maximum atomic E-state index is 10.2. The predicted molar refractivity (Wildman–Crippen MR) is 80.8 cm³/mol. The minimum absolute atomic E-state index is 0.501. The van der Waals surface area contributed by atoms with E-state index in [1.807, 2.05) is 0 Å². The van der Waals surface area contributed by atoms with E-state index in [1.165, 1.54) is 25.7 Å². The summed E-state index contributed by atoms with van der Waals surface area (Å²) in [7, 11) is 0. The van der Waals surface area contributed by atoms with Crippen LogP contribution >= 0.6 is 23.2 Å². The van der Waals surface area contributed by atoms with E-state index >= 15 is 0 Å². The molecule has 2 nitrogen and oxygen atoms in total. The number of aliphatic hydroxyl groups excluding tert-OH is 1. The van der Waals surface area contributed by atoms with Crippen molar-refractivity contribution in [1.82, 2.24) is 5.32 Å². The first kappa shape index (κ1) is 15.1. The average molecular weight is 302 g/mol. The van der Waals surface area contributed by atoms with Gasteiger partial charge in [0.2, 0.25) is 0 Å². The standard InChI is InChI=1S/C15H21Cl2NO/c1-10-4-2-3-5-14(10)18-9-15(19)12-8-11(16)6-7-13(12)17/h6-8,10,14-15,18-19H,2-5,9H2,1H3. The number of benzene rings is 1. The number of halogens is 2. The molecule has 0 radical (unpaired) electrons. The van der Waals surface area contributed by atoms with Gasteiger partial charge in [0.1, 0.15) is 0 Å². The van der Waals surface area contributed by atoms with Gasteiger partial charge in [0.15, 0.2) is 0 Å². The molecule has 2 N–H and O–H groups in total. The Bertz CT molecular complexity index is 425. The molecule has 3 unspecified atom stereocenters. The van der Waals surface area contributed by atoms with Crippen LogP contribution in [0.3, 0.4) is 0 Å². The van der Waals surface area contributed by atoms with Crippen molar-refractivity contribution in [2.24, 2.45) is 5.92 Å². The second-order valence-corrected chi connectivity index (χ2v) is 6.30. The zero-order chi connectivity index (χ0) is 13.8. The molecule has 106 valence electrons. The number of hydrogen-bond donors (Lipinski definition) is 2. The molecule has 1 fully saturated rings. The van der Waals surface area contributed by atoms with Gasteiger partial charge in [-0.25, -0.2) is 0 Å². The highest BCUT2D eigenvalue weighted by atomic mass is 35.5. The molecule has 0 aliphatic heterocycles. The molecule has 1 aromatic rings. The van der Waals surface area contributed by atoms with Crippen molar-refractivity contribution in [2.75, 3.05) is 6.54 Å². The van der Waals surface area contributed by atoms with Gasteiger partial charge >= 0.3 is 0 Å². The molecule has 0 heterocycles. The molecule has 3 atom stereocenters. The Labute approximate surface area is 125 Å². The van der Waals surface area contributed by atoms with Crippen LogP contribution in [0, 0.1) is 5.92 Å². The van der Waals surface area contributed by atoms with Gasteiger partial charge in [-0.2, -0.15) is 0 Å². The highest BCUT2D eigenvalue weighted by Gasteiger charge is 2.22. The molecule has 0 amide bonds. The zero-order valence-corrected chi connectivity index (χ0v) is 12.7. The summed E-state index contributed by atoms with van der Waals surface area (Å²) in [5.41, 5.74) is 0.699. The van der Waals surface area contributed by atoms with Crippen LogP contribution in [0.2, 0.25) is 10.0 Å². The first-order valence-corrected chi connectivity index (χ1v) is 7.70. The molecule has 0 aromatic heterocycles. The number of rotatable bonds is 4. The van der Waals surface area contributed by atoms with Crippen LogP contribution in [0.25, 0.3) is 0 Å². The van der Waals surface area contributed by atoms with Crippen LogP contribution in [-0.4, -0.2) is 17.7 Å². The number of hydrogen-bond acceptors (Lipinski definition) is 2. The number of nitrogens with one attached hydrogen (secondary N) is 1. The van der Waals surface area contributed by atoms with Gasteiger partial charge < -0.3 is 10.4 Å². The van der Waals surface area contributed by atoms with E-state index in [2.05, 4.69) is 12.2 Å². The van der Waals surface area contributed by atoms with E-state index < -0.39 is 6.10 Å². The predicted octanol–water partition coefficient (Wildman–Crippen LogP) is 4.20. The largest absolute Gasteiger partial charge is 0.387 e. The molecular formula is C15H21Cl2NO. The Kier molecular flexibility index (Phi) is 5.52. The monoisotopic (exact) mass is 301 g/mol. The van der Waals surface area contributed by atoms with Gasteiger partial charge in [0.05, 0.1) is 6.10 Å². The Morgan fingerprint density at radius 2 is 2.05 bits per heavy atom. The lowest BCUT2D eigenvalue weighted by Gasteiger charge is -2.30. The Morgan fingerprint density at radius 3 is 2.79 bits per heavy atom. The highest BCUT2D eigenvalue weighted by molar-refractivity contribution is 6.33. The fraction of sp³-hybridized carbons (Fsp3) is 0.600. The van der Waals surface area contributed by atoms with E-state index in [1.54, 1.807) is 18.2 Å². The fourth-order valence-electron chi connectivity index (χ4n) is 2.76. The van der Waals surface area contributed by atoms with Crippen molar-refractivity contribution in [1.29, 1.82) is 0 Å². The van der Waals surface area contributed by atoms with Gasteiger partial charge in [-0.3, -0.25) is 0 Å². The summed E-state index contributed by atoms with van der Waals surface area (Å²) in [6.07, 6.45) is 4.45. The zero-order valence-electron chi connectivity index (χ0n) is 11.2. The smallest absolute Gasteiger partial charge is 0.0929 e. The van der Waals surface area contributed by atoms with E-state index in [4.69, 9.17) is 23.2 Å². The Hall–Kier alpha value is -0.280. The van der Waals surface area contributed by atoms with E-state index in [0.29, 0.717) is 34.1 Å². The van der Waals surface area contributed by atoms with Crippen molar-refractivity contribution in [3.63, 3.8) is 0 Å². The quantitative estimate of drug-likeness (QED) is 0.874. The molecule has 2 rings (SSSR count). The maximum Gasteiger partial charge on any atom is 0.0929 e. The van der Waals surface area contributed by atoms with Crippen molar-refractivity contribution >= 4 is 23.2 Å². The minimum Gasteiger partial charge on any atom is -0.387 e. The first-order chi connectivity index (χ1) is 9.08. The van der Waals surface area contributed by atoms with Crippen molar-refractivity contribution in [3.8, 4) is 0 Å². The Morgan fingerprint density at radius 1 is 1.32 bits per heavy atom. The Balaban J connectivity index is 1.93. The number of aliphatic hydroxyl groups is 1. The molecule has 1 aromatic carbocycles. The van der Waals surface area contributed by atoms with Gasteiger partial charge in [-0.05, 0) is 37.0 Å². The van der Waals surface area contributed by atoms with E-state index in [0.717, 1.165) is 0 Å². The first-order valence-electron chi connectivity index (χ1n) is 6.94. The molecule has 0 saturated heterocycles. The fourth-order valence-corrected chi connectivity index (χ4v) is 3.19. The normalized spacial score (nSPS) is 25.3. The van der Waals surface area contributed by atoms with Gasteiger partial charge in [-0.1, -0.05) is 43.0 Å². The summed E-state index contributed by atoms with van der Waals surface area (Å²) >= 11 is 12.0. The van der Waals surface area contributed by atoms with Crippen molar-refractivity contribution < 1.29 is 5.11 Å². The van der Waals surface area contributed by atoms with Gasteiger partial charge in [-0.15, -0.1) is 0 Å². The van der Waals surface area contributed by atoms with Gasteiger partial charge in [0, 0.05) is 28.2 Å². The van der Waals surface area contributed by atoms with Crippen LogP contribution in [0.1, 0.15) is 44.3 Å². The van der Waals surface area contributed by atoms with Crippen LogP contribution in [0.5, 0.6) is 0 Å². The van der Waals surface area contributed by atoms with Crippen LogP contribution in [0.4, 0.5) is 0 Å². The third-order valence-corrected chi connectivity index (χ3v) is 4.58. The molecule has 0 spiro atoms. The summed E-state index contributed by atoms with van der Waals surface area (Å²) in [5, 5.41) is 14.9. The molecule has 1 saturated carbocycles. The maximum absolute atomic E-state index is 10.2. The molecule has 4 heteroatoms. The van der Waals surface area contributed by atoms with E-state index in [-0.39, 0.29) is 0 Å². The summed E-state index contributed by atoms with van der Waals surface area (Å²) in [4.78, 5) is 0. The molecule has 1 aliphatic carbocycles. The topological polar surface area (TPSA) is 32.3 Å².